The maximum atomic E-state index is 12.0. The van der Waals surface area contributed by atoms with E-state index in [1.54, 1.807) is 29.3 Å². The van der Waals surface area contributed by atoms with E-state index in [-0.39, 0.29) is 11.3 Å². The number of amides is 1. The molecule has 1 amide bonds. The fourth-order valence-electron chi connectivity index (χ4n) is 2.18. The minimum Gasteiger partial charge on any atom is -0.325 e. The second-order valence-corrected chi connectivity index (χ2v) is 6.47. The van der Waals surface area contributed by atoms with Crippen molar-refractivity contribution in [3.63, 3.8) is 0 Å². The molecule has 0 saturated carbocycles. The molecule has 3 rings (SSSR count). The Morgan fingerprint density at radius 2 is 2.32 bits per heavy atom. The van der Waals surface area contributed by atoms with Crippen LogP contribution in [-0.2, 0) is 11.2 Å². The van der Waals surface area contributed by atoms with Gasteiger partial charge >= 0.3 is 0 Å². The van der Waals surface area contributed by atoms with E-state index in [0.717, 1.165) is 18.5 Å². The van der Waals surface area contributed by atoms with E-state index in [0.29, 0.717) is 5.75 Å². The normalized spacial score (nSPS) is 19.1. The van der Waals surface area contributed by atoms with E-state index >= 15 is 0 Å². The lowest BCUT2D eigenvalue weighted by Gasteiger charge is -2.23. The first-order valence-corrected chi connectivity index (χ1v) is 8.11. The molecular weight excluding hydrogens is 276 g/mol. The first-order chi connectivity index (χ1) is 9.34. The molecule has 3 heterocycles. The SMILES string of the molecule is O=C1CSC(c2cccnc2)N1CCc1cccs1. The molecule has 98 valence electrons. The monoisotopic (exact) mass is 290 g/mol. The Kier molecular flexibility index (Phi) is 3.84. The smallest absolute Gasteiger partial charge is 0.233 e. The second-order valence-electron chi connectivity index (χ2n) is 4.37. The van der Waals surface area contributed by atoms with Crippen LogP contribution in [0.5, 0.6) is 0 Å². The largest absolute Gasteiger partial charge is 0.325 e. The summed E-state index contributed by atoms with van der Waals surface area (Å²) < 4.78 is 0. The number of nitrogens with zero attached hydrogens (tertiary/aromatic N) is 2. The molecule has 0 aromatic carbocycles. The molecule has 1 fully saturated rings. The van der Waals surface area contributed by atoms with Gasteiger partial charge in [-0.15, -0.1) is 23.1 Å². The molecule has 0 radical (unpaired) electrons. The van der Waals surface area contributed by atoms with Crippen LogP contribution >= 0.6 is 23.1 Å². The number of carbonyl (C=O) groups is 1. The molecule has 1 saturated heterocycles. The quantitative estimate of drug-likeness (QED) is 0.868. The van der Waals surface area contributed by atoms with Gasteiger partial charge in [0.2, 0.25) is 5.91 Å². The highest BCUT2D eigenvalue weighted by Gasteiger charge is 2.32. The molecule has 1 aliphatic heterocycles. The van der Waals surface area contributed by atoms with Crippen LogP contribution < -0.4 is 0 Å². The minimum absolute atomic E-state index is 0.126. The summed E-state index contributed by atoms with van der Waals surface area (Å²) in [6.07, 6.45) is 4.55. The molecule has 3 nitrogen and oxygen atoms in total. The standard InChI is InChI=1S/C14H14N2OS2/c17-13-10-19-14(11-3-1-6-15-9-11)16(13)7-5-12-4-2-8-18-12/h1-4,6,8-9,14H,5,7,10H2. The van der Waals surface area contributed by atoms with E-state index in [1.807, 2.05) is 23.2 Å². The van der Waals surface area contributed by atoms with Gasteiger partial charge in [0.05, 0.1) is 5.75 Å². The number of hydrogen-bond acceptors (Lipinski definition) is 4. The van der Waals surface area contributed by atoms with Crippen LogP contribution in [0, 0.1) is 0 Å². The number of aromatic nitrogens is 1. The number of hydrogen-bond donors (Lipinski definition) is 0. The Labute approximate surface area is 120 Å². The average Bonchev–Trinajstić information content (AvgIpc) is 3.07. The van der Waals surface area contributed by atoms with E-state index in [2.05, 4.69) is 22.5 Å². The zero-order valence-electron chi connectivity index (χ0n) is 10.4. The fraction of sp³-hybridized carbons (Fsp3) is 0.286. The number of rotatable bonds is 4. The molecular formula is C14H14N2OS2. The third-order valence-corrected chi connectivity index (χ3v) is 5.31. The van der Waals surface area contributed by atoms with Crippen molar-refractivity contribution in [2.24, 2.45) is 0 Å². The van der Waals surface area contributed by atoms with Crippen molar-refractivity contribution >= 4 is 29.0 Å². The van der Waals surface area contributed by atoms with Gasteiger partial charge in [-0.05, 0) is 23.9 Å². The first kappa shape index (κ1) is 12.7. The molecule has 0 bridgehead atoms. The van der Waals surface area contributed by atoms with Gasteiger partial charge in [-0.3, -0.25) is 9.78 Å². The Balaban J connectivity index is 1.72. The van der Waals surface area contributed by atoms with E-state index in [9.17, 15) is 4.79 Å². The molecule has 2 aromatic heterocycles. The lowest BCUT2D eigenvalue weighted by Crippen LogP contribution is -2.30. The van der Waals surface area contributed by atoms with Crippen molar-refractivity contribution in [2.45, 2.75) is 11.8 Å². The highest BCUT2D eigenvalue weighted by atomic mass is 32.2. The van der Waals surface area contributed by atoms with Crippen LogP contribution in [0.1, 0.15) is 15.8 Å². The van der Waals surface area contributed by atoms with Gasteiger partial charge in [-0.25, -0.2) is 0 Å². The van der Waals surface area contributed by atoms with Crippen molar-refractivity contribution in [2.75, 3.05) is 12.3 Å². The van der Waals surface area contributed by atoms with Crippen LogP contribution in [0.4, 0.5) is 0 Å². The third kappa shape index (κ3) is 2.82. The summed E-state index contributed by atoms with van der Waals surface area (Å²) in [6.45, 7) is 0.784. The summed E-state index contributed by atoms with van der Waals surface area (Å²) in [6, 6.07) is 8.15. The molecule has 19 heavy (non-hydrogen) atoms. The van der Waals surface area contributed by atoms with Crippen molar-refractivity contribution < 1.29 is 4.79 Å². The van der Waals surface area contributed by atoms with Gasteiger partial charge < -0.3 is 4.90 Å². The van der Waals surface area contributed by atoms with Crippen molar-refractivity contribution in [1.29, 1.82) is 0 Å². The predicted molar refractivity (Wildman–Crippen MR) is 79.2 cm³/mol. The Morgan fingerprint density at radius 1 is 1.37 bits per heavy atom. The summed E-state index contributed by atoms with van der Waals surface area (Å²) in [5, 5.41) is 2.20. The van der Waals surface area contributed by atoms with E-state index in [1.165, 1.54) is 4.88 Å². The van der Waals surface area contributed by atoms with Crippen molar-refractivity contribution in [3.8, 4) is 0 Å². The summed E-state index contributed by atoms with van der Waals surface area (Å²) in [4.78, 5) is 19.5. The molecule has 1 unspecified atom stereocenters. The zero-order chi connectivity index (χ0) is 13.1. The van der Waals surface area contributed by atoms with Gasteiger partial charge in [0, 0.05) is 29.4 Å². The minimum atomic E-state index is 0.126. The maximum absolute atomic E-state index is 12.0. The maximum Gasteiger partial charge on any atom is 0.233 e. The lowest BCUT2D eigenvalue weighted by atomic mass is 10.2. The average molecular weight is 290 g/mol. The topological polar surface area (TPSA) is 33.2 Å². The highest BCUT2D eigenvalue weighted by molar-refractivity contribution is 8.00. The van der Waals surface area contributed by atoms with Gasteiger partial charge in [0.25, 0.3) is 0 Å². The summed E-state index contributed by atoms with van der Waals surface area (Å²) in [5.41, 5.74) is 1.12. The second kappa shape index (κ2) is 5.75. The molecule has 0 N–H and O–H groups in total. The summed E-state index contributed by atoms with van der Waals surface area (Å²) in [7, 11) is 0. The van der Waals surface area contributed by atoms with Crippen molar-refractivity contribution in [1.82, 2.24) is 9.88 Å². The Bertz CT molecular complexity index is 542. The summed E-state index contributed by atoms with van der Waals surface area (Å²) in [5.74, 6) is 0.805. The number of pyridine rings is 1. The molecule has 0 aliphatic carbocycles. The fourth-order valence-corrected chi connectivity index (χ4v) is 4.08. The first-order valence-electron chi connectivity index (χ1n) is 6.18. The van der Waals surface area contributed by atoms with Crippen LogP contribution in [0.15, 0.2) is 42.0 Å². The van der Waals surface area contributed by atoms with Gasteiger partial charge in [-0.2, -0.15) is 0 Å². The van der Waals surface area contributed by atoms with E-state index < -0.39 is 0 Å². The summed E-state index contributed by atoms with van der Waals surface area (Å²) >= 11 is 3.44. The van der Waals surface area contributed by atoms with Gasteiger partial charge in [-0.1, -0.05) is 12.1 Å². The number of thioether (sulfide) groups is 1. The predicted octanol–water partition coefficient (Wildman–Crippen LogP) is 2.96. The third-order valence-electron chi connectivity index (χ3n) is 3.12. The Morgan fingerprint density at radius 3 is 3.05 bits per heavy atom. The van der Waals surface area contributed by atoms with Crippen LogP contribution in [0.3, 0.4) is 0 Å². The van der Waals surface area contributed by atoms with Crippen molar-refractivity contribution in [3.05, 3.63) is 52.5 Å². The molecule has 5 heteroatoms. The van der Waals surface area contributed by atoms with Crippen LogP contribution in [0.25, 0.3) is 0 Å². The molecule has 1 aliphatic rings. The molecule has 2 aromatic rings. The van der Waals surface area contributed by atoms with Gasteiger partial charge in [0.15, 0.2) is 0 Å². The zero-order valence-corrected chi connectivity index (χ0v) is 12.0. The number of thiophene rings is 1. The van der Waals surface area contributed by atoms with Crippen LogP contribution in [0.2, 0.25) is 0 Å². The number of carbonyl (C=O) groups excluding carboxylic acids is 1. The van der Waals surface area contributed by atoms with E-state index in [4.69, 9.17) is 0 Å². The Hall–Kier alpha value is -1.33. The molecule has 0 spiro atoms. The molecule has 1 atom stereocenters. The van der Waals surface area contributed by atoms with Crippen LogP contribution in [-0.4, -0.2) is 28.1 Å². The highest BCUT2D eigenvalue weighted by Crippen LogP contribution is 2.38. The van der Waals surface area contributed by atoms with Gasteiger partial charge in [0.1, 0.15) is 5.37 Å². The lowest BCUT2D eigenvalue weighted by molar-refractivity contribution is -0.128.